The smallest absolute Gasteiger partial charge is 0.237 e. The third-order valence-electron chi connectivity index (χ3n) is 6.38. The maximum Gasteiger partial charge on any atom is 0.237 e. The number of hydrogen-bond acceptors (Lipinski definition) is 5. The van der Waals surface area contributed by atoms with Crippen LogP contribution >= 0.6 is 0 Å². The van der Waals surface area contributed by atoms with Crippen molar-refractivity contribution in [1.82, 2.24) is 19.7 Å². The highest BCUT2D eigenvalue weighted by molar-refractivity contribution is 5.78. The molecular formula is C21H32N4O2. The number of nitrogens with zero attached hydrogens (tertiary/aromatic N) is 4. The molecule has 1 aromatic heterocycles. The molecule has 0 N–H and O–H groups in total. The Kier molecular flexibility index (Phi) is 6.05. The predicted octanol–water partition coefficient (Wildman–Crippen LogP) is 1.62. The summed E-state index contributed by atoms with van der Waals surface area (Å²) in [5.41, 5.74) is 1.20. The summed E-state index contributed by atoms with van der Waals surface area (Å²) in [4.78, 5) is 24.1. The molecule has 0 aromatic carbocycles. The molecule has 4 fully saturated rings. The van der Waals surface area contributed by atoms with Gasteiger partial charge in [0.1, 0.15) is 0 Å². The van der Waals surface area contributed by atoms with Crippen molar-refractivity contribution in [2.24, 2.45) is 5.92 Å². The van der Waals surface area contributed by atoms with Gasteiger partial charge in [-0.25, -0.2) is 0 Å². The van der Waals surface area contributed by atoms with Crippen LogP contribution in [-0.4, -0.2) is 84.1 Å². The molecule has 1 amide bonds. The molecule has 4 aliphatic rings. The number of fused-ring (bicyclic) bond motifs is 4. The molecule has 0 radical (unpaired) electrons. The topological polar surface area (TPSA) is 48.9 Å². The zero-order valence-corrected chi connectivity index (χ0v) is 16.4. The first-order valence-electron chi connectivity index (χ1n) is 10.4. The molecule has 2 bridgehead atoms. The molecular weight excluding hydrogens is 340 g/mol. The molecule has 6 nitrogen and oxygen atoms in total. The van der Waals surface area contributed by atoms with Crippen LogP contribution in [0, 0.1) is 5.92 Å². The summed E-state index contributed by atoms with van der Waals surface area (Å²) in [7, 11) is 2.03. The fourth-order valence-electron chi connectivity index (χ4n) is 4.95. The molecule has 5 rings (SSSR count). The number of carbonyl (C=O) groups excluding carboxylic acids is 1. The molecule has 0 aliphatic carbocycles. The Balaban J connectivity index is 1.35. The summed E-state index contributed by atoms with van der Waals surface area (Å²) in [6, 6.07) is 5.06. The van der Waals surface area contributed by atoms with Gasteiger partial charge in [0.2, 0.25) is 5.91 Å². The van der Waals surface area contributed by atoms with Crippen LogP contribution in [0.3, 0.4) is 0 Å². The van der Waals surface area contributed by atoms with Crippen LogP contribution in [0.25, 0.3) is 0 Å². The third-order valence-corrected chi connectivity index (χ3v) is 6.38. The van der Waals surface area contributed by atoms with Crippen LogP contribution in [0.5, 0.6) is 0 Å². The minimum atomic E-state index is 0.287. The van der Waals surface area contributed by atoms with Crippen molar-refractivity contribution in [3.8, 4) is 0 Å². The van der Waals surface area contributed by atoms with Gasteiger partial charge in [-0.1, -0.05) is 0 Å². The summed E-state index contributed by atoms with van der Waals surface area (Å²) in [5.74, 6) is 0.913. The van der Waals surface area contributed by atoms with Crippen molar-refractivity contribution in [2.75, 3.05) is 46.4 Å². The van der Waals surface area contributed by atoms with E-state index in [1.165, 1.54) is 12.0 Å². The van der Waals surface area contributed by atoms with Gasteiger partial charge >= 0.3 is 0 Å². The Hall–Kier alpha value is -1.50. The quantitative estimate of drug-likeness (QED) is 0.786. The Bertz CT molecular complexity index is 620. The number of likely N-dealkylation sites (N-methyl/N-ethyl adjacent to an activating group) is 1. The van der Waals surface area contributed by atoms with Crippen molar-refractivity contribution in [1.29, 1.82) is 0 Å². The predicted molar refractivity (Wildman–Crippen MR) is 104 cm³/mol. The largest absolute Gasteiger partial charge is 0.381 e. The molecule has 1 aromatic rings. The van der Waals surface area contributed by atoms with E-state index < -0.39 is 0 Å². The van der Waals surface area contributed by atoms with Gasteiger partial charge in [-0.15, -0.1) is 0 Å². The average Bonchev–Trinajstić information content (AvgIpc) is 3.01. The minimum Gasteiger partial charge on any atom is -0.381 e. The minimum absolute atomic E-state index is 0.287. The molecule has 4 aliphatic heterocycles. The first-order chi connectivity index (χ1) is 13.2. The summed E-state index contributed by atoms with van der Waals surface area (Å²) in [6.07, 6.45) is 8.32. The van der Waals surface area contributed by atoms with E-state index in [-0.39, 0.29) is 5.91 Å². The van der Waals surface area contributed by atoms with E-state index in [0.717, 1.165) is 58.7 Å². The number of piperidine rings is 1. The molecule has 0 saturated carbocycles. The van der Waals surface area contributed by atoms with Gasteiger partial charge in [-0.05, 0) is 56.3 Å². The highest BCUT2D eigenvalue weighted by Gasteiger charge is 2.39. The number of ether oxygens (including phenoxy) is 1. The lowest BCUT2D eigenvalue weighted by Crippen LogP contribution is -2.51. The van der Waals surface area contributed by atoms with Crippen LogP contribution in [0.1, 0.15) is 31.2 Å². The van der Waals surface area contributed by atoms with Crippen LogP contribution < -0.4 is 0 Å². The zero-order chi connectivity index (χ0) is 18.6. The van der Waals surface area contributed by atoms with Crippen molar-refractivity contribution < 1.29 is 9.53 Å². The summed E-state index contributed by atoms with van der Waals surface area (Å²) >= 11 is 0. The third kappa shape index (κ3) is 4.68. The van der Waals surface area contributed by atoms with Gasteiger partial charge in [0, 0.05) is 63.9 Å². The van der Waals surface area contributed by atoms with Crippen LogP contribution in [0.15, 0.2) is 24.5 Å². The van der Waals surface area contributed by atoms with Gasteiger partial charge < -0.3 is 9.64 Å². The second-order valence-electron chi connectivity index (χ2n) is 8.47. The molecule has 0 unspecified atom stereocenters. The number of hydrogen-bond donors (Lipinski definition) is 0. The molecule has 5 heterocycles. The number of carbonyl (C=O) groups is 1. The SMILES string of the molecule is CN(CC(=O)N1C[C@@H]2CC[C@H]1CN(C1CCOCC1)C2)Cc1ccncc1. The van der Waals surface area contributed by atoms with E-state index in [4.69, 9.17) is 4.74 Å². The van der Waals surface area contributed by atoms with E-state index in [1.807, 2.05) is 31.6 Å². The number of pyridine rings is 1. The van der Waals surface area contributed by atoms with Crippen molar-refractivity contribution in [2.45, 2.75) is 44.3 Å². The first-order valence-corrected chi connectivity index (χ1v) is 10.4. The fraction of sp³-hybridized carbons (Fsp3) is 0.714. The Labute approximate surface area is 162 Å². The van der Waals surface area contributed by atoms with E-state index >= 15 is 0 Å². The van der Waals surface area contributed by atoms with Crippen LogP contribution in [0.2, 0.25) is 0 Å². The highest BCUT2D eigenvalue weighted by Crippen LogP contribution is 2.30. The van der Waals surface area contributed by atoms with Crippen LogP contribution in [-0.2, 0) is 16.1 Å². The normalized spacial score (nSPS) is 27.1. The molecule has 4 saturated heterocycles. The summed E-state index contributed by atoms with van der Waals surface area (Å²) < 4.78 is 5.54. The van der Waals surface area contributed by atoms with Crippen LogP contribution in [0.4, 0.5) is 0 Å². The lowest BCUT2D eigenvalue weighted by molar-refractivity contribution is -0.136. The standard InChI is InChI=1S/C21H32N4O2/c1-23(12-17-4-8-22-9-5-17)16-21(26)25-14-18-2-3-20(25)15-24(13-18)19-6-10-27-11-7-19/h4-5,8-9,18-20H,2-3,6-7,10-16H2,1H3/t18-,20+/m1/s1. The van der Waals surface area contributed by atoms with Gasteiger partial charge in [0.15, 0.2) is 0 Å². The van der Waals surface area contributed by atoms with E-state index in [2.05, 4.69) is 19.7 Å². The lowest BCUT2D eigenvalue weighted by Gasteiger charge is -2.37. The van der Waals surface area contributed by atoms with Crippen molar-refractivity contribution in [3.05, 3.63) is 30.1 Å². The number of amides is 1. The van der Waals surface area contributed by atoms with E-state index in [9.17, 15) is 4.79 Å². The van der Waals surface area contributed by atoms with Gasteiger partial charge in [0.25, 0.3) is 0 Å². The maximum atomic E-state index is 13.1. The van der Waals surface area contributed by atoms with Crippen molar-refractivity contribution in [3.63, 3.8) is 0 Å². The average molecular weight is 373 g/mol. The van der Waals surface area contributed by atoms with E-state index in [1.54, 1.807) is 0 Å². The maximum absolute atomic E-state index is 13.1. The van der Waals surface area contributed by atoms with E-state index in [0.29, 0.717) is 24.5 Å². The zero-order valence-electron chi connectivity index (χ0n) is 16.4. The Morgan fingerprint density at radius 1 is 1.11 bits per heavy atom. The Morgan fingerprint density at radius 3 is 2.67 bits per heavy atom. The van der Waals surface area contributed by atoms with Gasteiger partial charge in [-0.2, -0.15) is 0 Å². The van der Waals surface area contributed by atoms with Gasteiger partial charge in [-0.3, -0.25) is 19.6 Å². The molecule has 0 spiro atoms. The second kappa shape index (κ2) is 8.67. The molecule has 148 valence electrons. The first kappa shape index (κ1) is 18.8. The number of rotatable bonds is 5. The molecule has 2 atom stereocenters. The van der Waals surface area contributed by atoms with Gasteiger partial charge in [0.05, 0.1) is 6.54 Å². The fourth-order valence-corrected chi connectivity index (χ4v) is 4.95. The molecule has 6 heteroatoms. The lowest BCUT2D eigenvalue weighted by atomic mass is 9.95. The number of aromatic nitrogens is 1. The monoisotopic (exact) mass is 372 g/mol. The molecule has 27 heavy (non-hydrogen) atoms. The highest BCUT2D eigenvalue weighted by atomic mass is 16.5. The van der Waals surface area contributed by atoms with Crippen molar-refractivity contribution >= 4 is 5.91 Å². The Morgan fingerprint density at radius 2 is 1.89 bits per heavy atom. The summed E-state index contributed by atoms with van der Waals surface area (Å²) in [6.45, 7) is 6.18. The second-order valence-corrected chi connectivity index (χ2v) is 8.47. The summed E-state index contributed by atoms with van der Waals surface area (Å²) in [5, 5.41) is 0.